The fourth-order valence-corrected chi connectivity index (χ4v) is 5.38. The Bertz CT molecular complexity index is 1850. The van der Waals surface area contributed by atoms with Gasteiger partial charge in [0.15, 0.2) is 5.58 Å². The molecule has 0 saturated carbocycles. The number of benzene rings is 4. The number of aromatic nitrogens is 1. The molecule has 0 fully saturated rings. The summed E-state index contributed by atoms with van der Waals surface area (Å²) in [4.78, 5) is 4.83. The van der Waals surface area contributed by atoms with Crippen LogP contribution in [0.1, 0.15) is 111 Å². The van der Waals surface area contributed by atoms with Crippen molar-refractivity contribution in [3.05, 3.63) is 107 Å². The minimum absolute atomic E-state index is 0.0502. The summed E-state index contributed by atoms with van der Waals surface area (Å²) in [5.41, 5.74) is 7.63. The third-order valence-electron chi connectivity index (χ3n) is 8.49. The van der Waals surface area contributed by atoms with Gasteiger partial charge in [-0.3, -0.25) is 0 Å². The molecule has 1 aromatic heterocycles. The molecule has 0 aliphatic heterocycles. The number of hydrogen-bond donors (Lipinski definition) is 1. The quantitative estimate of drug-likeness (QED) is 0.205. The molecular weight excluding hydrogens is 607 g/mol. The van der Waals surface area contributed by atoms with Crippen LogP contribution in [-0.2, 0) is 27.8 Å². The second-order valence-electron chi connectivity index (χ2n) is 16.8. The smallest absolute Gasteiger partial charge is 0.416 e. The first-order valence-corrected chi connectivity index (χ1v) is 16.4. The van der Waals surface area contributed by atoms with Crippen LogP contribution in [0.15, 0.2) is 83.3 Å². The van der Waals surface area contributed by atoms with Crippen LogP contribution in [0.4, 0.5) is 13.2 Å². The molecule has 48 heavy (non-hydrogen) atoms. The van der Waals surface area contributed by atoms with E-state index in [1.165, 1.54) is 28.8 Å². The average Bonchev–Trinajstić information content (AvgIpc) is 3.39. The molecule has 5 rings (SSSR count). The maximum Gasteiger partial charge on any atom is 0.416 e. The molecule has 4 aromatic carbocycles. The summed E-state index contributed by atoms with van der Waals surface area (Å²) in [6.45, 7) is 25.9. The number of phenols is 1. The van der Waals surface area contributed by atoms with Crippen LogP contribution in [0.2, 0.25) is 0 Å². The van der Waals surface area contributed by atoms with Crippen LogP contribution < -0.4 is 0 Å². The van der Waals surface area contributed by atoms with Crippen LogP contribution in [0.3, 0.4) is 0 Å². The number of fused-ring (bicyclic) bond motifs is 1. The van der Waals surface area contributed by atoms with Gasteiger partial charge in [0, 0.05) is 11.1 Å². The second kappa shape index (κ2) is 12.8. The minimum Gasteiger partial charge on any atom is -0.508 e. The molecule has 0 atom stereocenters. The fourth-order valence-electron chi connectivity index (χ4n) is 5.38. The van der Waals surface area contributed by atoms with E-state index in [1.54, 1.807) is 0 Å². The maximum atomic E-state index is 13.0. The van der Waals surface area contributed by atoms with Gasteiger partial charge in [-0.2, -0.15) is 13.2 Å². The van der Waals surface area contributed by atoms with Crippen LogP contribution >= 0.6 is 0 Å². The summed E-state index contributed by atoms with van der Waals surface area (Å²) in [6.07, 6.45) is -4.37. The number of rotatable bonds is 2. The number of aromatic hydroxyl groups is 1. The Kier molecular flexibility index (Phi) is 9.77. The molecule has 5 aromatic rings. The zero-order valence-corrected chi connectivity index (χ0v) is 30.4. The average molecular weight is 658 g/mol. The van der Waals surface area contributed by atoms with Gasteiger partial charge in [-0.1, -0.05) is 126 Å². The molecule has 0 amide bonds. The van der Waals surface area contributed by atoms with E-state index in [2.05, 4.69) is 101 Å². The van der Waals surface area contributed by atoms with Gasteiger partial charge < -0.3 is 9.52 Å². The lowest BCUT2D eigenvalue weighted by molar-refractivity contribution is -0.137. The highest BCUT2D eigenvalue weighted by molar-refractivity contribution is 5.86. The van der Waals surface area contributed by atoms with Crippen molar-refractivity contribution < 1.29 is 22.7 Å². The van der Waals surface area contributed by atoms with Crippen molar-refractivity contribution in [2.45, 2.75) is 111 Å². The van der Waals surface area contributed by atoms with Crippen LogP contribution in [0, 0.1) is 0 Å². The Balaban J connectivity index is 0.000000291. The van der Waals surface area contributed by atoms with E-state index < -0.39 is 11.7 Å². The van der Waals surface area contributed by atoms with E-state index in [1.807, 2.05) is 36.4 Å². The highest BCUT2D eigenvalue weighted by Gasteiger charge is 2.30. The largest absolute Gasteiger partial charge is 0.508 e. The fraction of sp³-hybridized carbons (Fsp3) is 0.405. The van der Waals surface area contributed by atoms with Crippen molar-refractivity contribution in [1.82, 2.24) is 4.98 Å². The Morgan fingerprint density at radius 3 is 1.48 bits per heavy atom. The van der Waals surface area contributed by atoms with E-state index >= 15 is 0 Å². The third-order valence-corrected chi connectivity index (χ3v) is 8.49. The molecule has 3 nitrogen and oxygen atoms in total. The Hall–Kier alpha value is -4.06. The predicted octanol–water partition coefficient (Wildman–Crippen LogP) is 12.8. The molecule has 0 bridgehead atoms. The molecule has 1 heterocycles. The summed E-state index contributed by atoms with van der Waals surface area (Å²) >= 11 is 0. The Morgan fingerprint density at radius 1 is 0.542 bits per heavy atom. The van der Waals surface area contributed by atoms with E-state index in [0.29, 0.717) is 17.2 Å². The summed E-state index contributed by atoms with van der Waals surface area (Å²) in [6, 6.07) is 22.8. The van der Waals surface area contributed by atoms with Gasteiger partial charge in [0.2, 0.25) is 5.89 Å². The van der Waals surface area contributed by atoms with Crippen molar-refractivity contribution >= 4 is 11.1 Å². The maximum absolute atomic E-state index is 13.0. The van der Waals surface area contributed by atoms with Crippen LogP contribution in [0.5, 0.6) is 5.75 Å². The van der Waals surface area contributed by atoms with Gasteiger partial charge in [-0.05, 0) is 85.9 Å². The summed E-state index contributed by atoms with van der Waals surface area (Å²) < 4.78 is 45.4. The van der Waals surface area contributed by atoms with Gasteiger partial charge in [0.25, 0.3) is 0 Å². The first kappa shape index (κ1) is 36.8. The SMILES string of the molecule is CC(C)(C)c1cc(C(C)(C)C)c2oc(-c3ccccc3-c3ccc(C(F)(F)F)cc3)nc2c1.CC(C)(C)c1cc(O)cc(C(C)(C)C)c1. The molecule has 256 valence electrons. The van der Waals surface area contributed by atoms with E-state index in [4.69, 9.17) is 9.40 Å². The first-order chi connectivity index (χ1) is 21.9. The lowest BCUT2D eigenvalue weighted by atomic mass is 9.80. The Morgan fingerprint density at radius 2 is 1.02 bits per heavy atom. The van der Waals surface area contributed by atoms with Crippen molar-refractivity contribution in [2.75, 3.05) is 0 Å². The molecular formula is C42H50F3NO2. The van der Waals surface area contributed by atoms with Crippen molar-refractivity contribution in [2.24, 2.45) is 0 Å². The molecule has 0 aliphatic rings. The number of halogens is 3. The van der Waals surface area contributed by atoms with E-state index in [0.717, 1.165) is 39.9 Å². The number of hydrogen-bond acceptors (Lipinski definition) is 3. The Labute approximate surface area is 284 Å². The van der Waals surface area contributed by atoms with Gasteiger partial charge in [-0.15, -0.1) is 0 Å². The summed E-state index contributed by atoms with van der Waals surface area (Å²) in [7, 11) is 0. The van der Waals surface area contributed by atoms with Crippen molar-refractivity contribution in [1.29, 1.82) is 0 Å². The summed E-state index contributed by atoms with van der Waals surface area (Å²) in [5, 5.41) is 9.72. The monoisotopic (exact) mass is 657 g/mol. The summed E-state index contributed by atoms with van der Waals surface area (Å²) in [5.74, 6) is 0.824. The van der Waals surface area contributed by atoms with Gasteiger partial charge in [0.1, 0.15) is 11.3 Å². The second-order valence-corrected chi connectivity index (χ2v) is 16.8. The first-order valence-electron chi connectivity index (χ1n) is 16.4. The number of oxazole rings is 1. The number of phenolic OH excluding ortho intramolecular Hbond substituents is 1. The van der Waals surface area contributed by atoms with Crippen molar-refractivity contribution in [3.8, 4) is 28.3 Å². The minimum atomic E-state index is -4.37. The molecule has 0 unspecified atom stereocenters. The highest BCUT2D eigenvalue weighted by atomic mass is 19.4. The number of alkyl halides is 3. The number of nitrogens with zero attached hydrogens (tertiary/aromatic N) is 1. The lowest BCUT2D eigenvalue weighted by Crippen LogP contribution is -2.16. The lowest BCUT2D eigenvalue weighted by Gasteiger charge is -2.25. The molecule has 0 aliphatic carbocycles. The van der Waals surface area contributed by atoms with Gasteiger partial charge in [0.05, 0.1) is 5.56 Å². The van der Waals surface area contributed by atoms with E-state index in [-0.39, 0.29) is 21.7 Å². The molecule has 6 heteroatoms. The van der Waals surface area contributed by atoms with Gasteiger partial charge >= 0.3 is 6.18 Å². The molecule has 0 radical (unpaired) electrons. The van der Waals surface area contributed by atoms with Gasteiger partial charge in [-0.25, -0.2) is 4.98 Å². The van der Waals surface area contributed by atoms with Crippen molar-refractivity contribution in [3.63, 3.8) is 0 Å². The van der Waals surface area contributed by atoms with Crippen LogP contribution in [0.25, 0.3) is 33.7 Å². The molecule has 0 spiro atoms. The topological polar surface area (TPSA) is 46.3 Å². The zero-order valence-electron chi connectivity index (χ0n) is 30.4. The predicted molar refractivity (Wildman–Crippen MR) is 193 cm³/mol. The molecule has 1 N–H and O–H groups in total. The third kappa shape index (κ3) is 8.50. The standard InChI is InChI=1S/C28H28F3NO.C14H22O/c1-26(2,3)19-15-22(27(4,5)6)24-23(16-19)32-25(33-24)21-10-8-7-9-20(21)17-11-13-18(14-12-17)28(29,30)31;1-13(2,3)10-7-11(14(4,5)6)9-12(15)8-10/h7-16H,1-6H3;7-9,15H,1-6H3. The highest BCUT2D eigenvalue weighted by Crippen LogP contribution is 2.40. The normalized spacial score (nSPS) is 13.0. The zero-order chi connectivity index (χ0) is 36.0. The van der Waals surface area contributed by atoms with E-state index in [9.17, 15) is 18.3 Å². The van der Waals surface area contributed by atoms with Crippen LogP contribution in [-0.4, -0.2) is 10.1 Å². The molecule has 0 saturated heterocycles.